The van der Waals surface area contributed by atoms with Crippen LogP contribution < -0.4 is 10.6 Å². The zero-order valence-corrected chi connectivity index (χ0v) is 11.4. The minimum Gasteiger partial charge on any atom is -0.317 e. The molecule has 0 saturated heterocycles. The van der Waals surface area contributed by atoms with Crippen molar-refractivity contribution in [3.63, 3.8) is 0 Å². The van der Waals surface area contributed by atoms with E-state index in [1.807, 2.05) is 11.3 Å². The van der Waals surface area contributed by atoms with E-state index in [2.05, 4.69) is 28.1 Å². The first kappa shape index (κ1) is 13.1. The van der Waals surface area contributed by atoms with Gasteiger partial charge in [0.15, 0.2) is 0 Å². The third-order valence-corrected chi connectivity index (χ3v) is 4.08. The molecule has 96 valence electrons. The predicted octanol–water partition coefficient (Wildman–Crippen LogP) is 2.80. The molecule has 1 aromatic heterocycles. The Morgan fingerprint density at radius 2 is 2.00 bits per heavy atom. The van der Waals surface area contributed by atoms with Crippen molar-refractivity contribution in [2.75, 3.05) is 19.6 Å². The molecular formula is C14H24N2S. The zero-order valence-electron chi connectivity index (χ0n) is 10.6. The molecular weight excluding hydrogens is 228 g/mol. The van der Waals surface area contributed by atoms with Crippen molar-refractivity contribution >= 4 is 11.3 Å². The summed E-state index contributed by atoms with van der Waals surface area (Å²) in [6.45, 7) is 3.53. The van der Waals surface area contributed by atoms with Gasteiger partial charge in [0.1, 0.15) is 0 Å². The molecule has 2 N–H and O–H groups in total. The van der Waals surface area contributed by atoms with Crippen molar-refractivity contribution in [1.82, 2.24) is 10.6 Å². The van der Waals surface area contributed by atoms with Crippen LogP contribution in [0.3, 0.4) is 0 Å². The first-order valence-electron chi connectivity index (χ1n) is 6.91. The fourth-order valence-corrected chi connectivity index (χ4v) is 2.69. The van der Waals surface area contributed by atoms with Gasteiger partial charge in [-0.3, -0.25) is 0 Å². The van der Waals surface area contributed by atoms with Crippen LogP contribution >= 0.6 is 11.3 Å². The van der Waals surface area contributed by atoms with Gasteiger partial charge in [0, 0.05) is 10.9 Å². The van der Waals surface area contributed by atoms with Crippen LogP contribution in [0.25, 0.3) is 0 Å². The third-order valence-electron chi connectivity index (χ3n) is 3.15. The van der Waals surface area contributed by atoms with Gasteiger partial charge in [-0.1, -0.05) is 6.07 Å². The summed E-state index contributed by atoms with van der Waals surface area (Å²) in [5, 5.41) is 9.23. The molecule has 1 heterocycles. The molecule has 0 radical (unpaired) electrons. The number of hydrogen-bond donors (Lipinski definition) is 2. The Hall–Kier alpha value is -0.380. The highest BCUT2D eigenvalue weighted by Crippen LogP contribution is 2.18. The molecule has 0 atom stereocenters. The lowest BCUT2D eigenvalue weighted by molar-refractivity contribution is 0.574. The van der Waals surface area contributed by atoms with Crippen LogP contribution in [0.1, 0.15) is 37.0 Å². The van der Waals surface area contributed by atoms with Crippen LogP contribution in [0.15, 0.2) is 17.5 Å². The predicted molar refractivity (Wildman–Crippen MR) is 75.8 cm³/mol. The lowest BCUT2D eigenvalue weighted by Gasteiger charge is -2.05. The second kappa shape index (κ2) is 7.85. The molecule has 1 aliphatic rings. The normalized spacial score (nSPS) is 15.3. The Balaban J connectivity index is 1.31. The number of unbranched alkanes of at least 4 members (excludes halogenated alkanes) is 1. The summed E-state index contributed by atoms with van der Waals surface area (Å²) in [6, 6.07) is 5.24. The lowest BCUT2D eigenvalue weighted by atomic mass is 10.2. The average Bonchev–Trinajstić information content (AvgIpc) is 3.02. The maximum atomic E-state index is 3.54. The summed E-state index contributed by atoms with van der Waals surface area (Å²) in [5.74, 6) is 0. The van der Waals surface area contributed by atoms with Crippen LogP contribution in [-0.2, 0) is 6.42 Å². The highest BCUT2D eigenvalue weighted by molar-refractivity contribution is 7.09. The maximum absolute atomic E-state index is 3.54. The number of aryl methyl sites for hydroxylation is 1. The Morgan fingerprint density at radius 3 is 2.76 bits per heavy atom. The van der Waals surface area contributed by atoms with Gasteiger partial charge in [0.25, 0.3) is 0 Å². The largest absolute Gasteiger partial charge is 0.317 e. The van der Waals surface area contributed by atoms with E-state index >= 15 is 0 Å². The molecule has 3 heteroatoms. The number of thiophene rings is 1. The Kier molecular flexibility index (Phi) is 6.03. The summed E-state index contributed by atoms with van der Waals surface area (Å²) >= 11 is 1.88. The van der Waals surface area contributed by atoms with Crippen molar-refractivity contribution in [3.8, 4) is 0 Å². The average molecular weight is 252 g/mol. The van der Waals surface area contributed by atoms with E-state index in [0.717, 1.165) is 6.04 Å². The second-order valence-electron chi connectivity index (χ2n) is 4.87. The molecule has 2 rings (SSSR count). The van der Waals surface area contributed by atoms with E-state index in [4.69, 9.17) is 0 Å². The molecule has 0 aromatic carbocycles. The fraction of sp³-hybridized carbons (Fsp3) is 0.714. The van der Waals surface area contributed by atoms with E-state index in [0.29, 0.717) is 0 Å². The Bertz CT molecular complexity index is 280. The van der Waals surface area contributed by atoms with Gasteiger partial charge in [0.2, 0.25) is 0 Å². The lowest BCUT2D eigenvalue weighted by Crippen LogP contribution is -2.23. The standard InChI is InChI=1S/C14H24N2S/c1(5-14-6-3-12-17-14)2-9-15-10-4-11-16-13-7-8-13/h3,6,12-13,15-16H,1-2,4-5,7-11H2. The Morgan fingerprint density at radius 1 is 1.12 bits per heavy atom. The minimum absolute atomic E-state index is 0.862. The van der Waals surface area contributed by atoms with Crippen LogP contribution in [0, 0.1) is 0 Å². The smallest absolute Gasteiger partial charge is 0.00682 e. The van der Waals surface area contributed by atoms with Gasteiger partial charge >= 0.3 is 0 Å². The first-order valence-corrected chi connectivity index (χ1v) is 7.79. The van der Waals surface area contributed by atoms with Crippen molar-refractivity contribution in [2.24, 2.45) is 0 Å². The van der Waals surface area contributed by atoms with Crippen LogP contribution in [0.2, 0.25) is 0 Å². The quantitative estimate of drug-likeness (QED) is 0.626. The zero-order chi connectivity index (χ0) is 11.8. The van der Waals surface area contributed by atoms with Gasteiger partial charge in [-0.2, -0.15) is 0 Å². The molecule has 0 bridgehead atoms. The van der Waals surface area contributed by atoms with Crippen molar-refractivity contribution < 1.29 is 0 Å². The second-order valence-corrected chi connectivity index (χ2v) is 5.90. The summed E-state index contributed by atoms with van der Waals surface area (Å²) in [5.41, 5.74) is 0. The summed E-state index contributed by atoms with van der Waals surface area (Å²) in [7, 11) is 0. The SMILES string of the molecule is c1csc(CCCCNCCCNC2CC2)c1. The van der Waals surface area contributed by atoms with E-state index in [9.17, 15) is 0 Å². The first-order chi connectivity index (χ1) is 8.45. The maximum Gasteiger partial charge on any atom is 0.00682 e. The molecule has 17 heavy (non-hydrogen) atoms. The van der Waals surface area contributed by atoms with Crippen LogP contribution in [0.4, 0.5) is 0 Å². The highest BCUT2D eigenvalue weighted by Gasteiger charge is 2.19. The topological polar surface area (TPSA) is 24.1 Å². The number of rotatable bonds is 10. The highest BCUT2D eigenvalue weighted by atomic mass is 32.1. The molecule has 2 nitrogen and oxygen atoms in total. The minimum atomic E-state index is 0.862. The van der Waals surface area contributed by atoms with Crippen molar-refractivity contribution in [3.05, 3.63) is 22.4 Å². The molecule has 0 aliphatic heterocycles. The Labute approximate surface area is 109 Å². The summed E-state index contributed by atoms with van der Waals surface area (Å²) in [4.78, 5) is 1.53. The van der Waals surface area contributed by atoms with Crippen LogP contribution in [0.5, 0.6) is 0 Å². The molecule has 1 aromatic rings. The number of nitrogens with one attached hydrogen (secondary N) is 2. The summed E-state index contributed by atoms with van der Waals surface area (Å²) < 4.78 is 0. The van der Waals surface area contributed by atoms with Gasteiger partial charge in [-0.05, 0) is 69.6 Å². The molecule has 0 spiro atoms. The van der Waals surface area contributed by atoms with E-state index in [-0.39, 0.29) is 0 Å². The fourth-order valence-electron chi connectivity index (χ4n) is 1.94. The van der Waals surface area contributed by atoms with E-state index in [1.165, 1.54) is 63.0 Å². The third kappa shape index (κ3) is 6.20. The molecule has 0 amide bonds. The number of hydrogen-bond acceptors (Lipinski definition) is 3. The van der Waals surface area contributed by atoms with Gasteiger partial charge in [-0.25, -0.2) is 0 Å². The monoisotopic (exact) mass is 252 g/mol. The van der Waals surface area contributed by atoms with Gasteiger partial charge in [-0.15, -0.1) is 11.3 Å². The van der Waals surface area contributed by atoms with Crippen molar-refractivity contribution in [2.45, 2.75) is 44.6 Å². The molecule has 1 saturated carbocycles. The van der Waals surface area contributed by atoms with E-state index < -0.39 is 0 Å². The molecule has 0 unspecified atom stereocenters. The summed E-state index contributed by atoms with van der Waals surface area (Å²) in [6.07, 6.45) is 7.93. The van der Waals surface area contributed by atoms with E-state index in [1.54, 1.807) is 0 Å². The van der Waals surface area contributed by atoms with Gasteiger partial charge < -0.3 is 10.6 Å². The van der Waals surface area contributed by atoms with Crippen LogP contribution in [-0.4, -0.2) is 25.7 Å². The molecule has 1 fully saturated rings. The van der Waals surface area contributed by atoms with Gasteiger partial charge in [0.05, 0.1) is 0 Å². The molecule has 1 aliphatic carbocycles. The van der Waals surface area contributed by atoms with Crippen molar-refractivity contribution in [1.29, 1.82) is 0 Å².